The monoisotopic (exact) mass is 493 g/mol. The number of nitrogens with zero attached hydrogens (tertiary/aromatic N) is 1. The zero-order valence-corrected chi connectivity index (χ0v) is 20.6. The minimum absolute atomic E-state index is 0.0779. The summed E-state index contributed by atoms with van der Waals surface area (Å²) in [7, 11) is 1.45. The van der Waals surface area contributed by atoms with Crippen LogP contribution in [0.4, 0.5) is 10.1 Å². The molecule has 0 spiro atoms. The Morgan fingerprint density at radius 3 is 2.29 bits per heavy atom. The van der Waals surface area contributed by atoms with Crippen LogP contribution < -0.4 is 9.64 Å². The van der Waals surface area contributed by atoms with E-state index in [4.69, 9.17) is 16.3 Å². The zero-order valence-electron chi connectivity index (χ0n) is 19.8. The molecule has 0 aliphatic carbocycles. The van der Waals surface area contributed by atoms with Crippen LogP contribution in [0.25, 0.3) is 5.76 Å². The number of hydrogen-bond acceptors (Lipinski definition) is 4. The first-order valence-corrected chi connectivity index (χ1v) is 11.4. The van der Waals surface area contributed by atoms with Gasteiger partial charge in [-0.2, -0.15) is 0 Å². The van der Waals surface area contributed by atoms with E-state index in [1.165, 1.54) is 30.2 Å². The van der Waals surface area contributed by atoms with Crippen molar-refractivity contribution in [3.63, 3.8) is 0 Å². The molecule has 180 valence electrons. The standard InChI is InChI=1S/C28H25ClFNO4/c1-28(2,3)16-9-14-22(35-4)20(15-16)25(32)23-24(19-7-5-6-8-21(19)30)31(27(34)26(23)33)18-12-10-17(29)11-13-18/h5-15,24,32H,1-4H3/b25-23+. The average Bonchev–Trinajstić information content (AvgIpc) is 3.08. The molecule has 1 aliphatic rings. The van der Waals surface area contributed by atoms with Crippen LogP contribution in [0, 0.1) is 5.82 Å². The van der Waals surface area contributed by atoms with E-state index in [9.17, 15) is 14.7 Å². The van der Waals surface area contributed by atoms with E-state index < -0.39 is 29.3 Å². The van der Waals surface area contributed by atoms with Gasteiger partial charge in [-0.1, -0.05) is 56.6 Å². The van der Waals surface area contributed by atoms with Crippen LogP contribution in [-0.2, 0) is 15.0 Å². The first-order valence-electron chi connectivity index (χ1n) is 11.0. The Labute approximate surface area is 208 Å². The Balaban J connectivity index is 2.01. The Bertz CT molecular complexity index is 1340. The topological polar surface area (TPSA) is 66.8 Å². The molecule has 1 aliphatic heterocycles. The Morgan fingerprint density at radius 1 is 1.03 bits per heavy atom. The molecule has 0 bridgehead atoms. The van der Waals surface area contributed by atoms with Gasteiger partial charge in [0, 0.05) is 16.3 Å². The fourth-order valence-corrected chi connectivity index (χ4v) is 4.32. The number of aliphatic hydroxyl groups is 1. The molecule has 1 atom stereocenters. The molecule has 1 fully saturated rings. The number of Topliss-reactive ketones (excluding diaryl/α,β-unsaturated/α-hetero) is 1. The minimum Gasteiger partial charge on any atom is -0.507 e. The van der Waals surface area contributed by atoms with Gasteiger partial charge < -0.3 is 9.84 Å². The molecular weight excluding hydrogens is 469 g/mol. The molecule has 0 saturated carbocycles. The van der Waals surface area contributed by atoms with Crippen molar-refractivity contribution in [3.8, 4) is 5.75 Å². The summed E-state index contributed by atoms with van der Waals surface area (Å²) in [6, 6.07) is 16.3. The highest BCUT2D eigenvalue weighted by Crippen LogP contribution is 2.44. The molecule has 1 saturated heterocycles. The van der Waals surface area contributed by atoms with Gasteiger partial charge in [0.25, 0.3) is 11.7 Å². The number of halogens is 2. The van der Waals surface area contributed by atoms with Crippen LogP contribution in [0.5, 0.6) is 5.75 Å². The maximum Gasteiger partial charge on any atom is 0.300 e. The fourth-order valence-electron chi connectivity index (χ4n) is 4.20. The number of hydrogen-bond donors (Lipinski definition) is 1. The number of anilines is 1. The second-order valence-corrected chi connectivity index (χ2v) is 9.77. The highest BCUT2D eigenvalue weighted by Gasteiger charge is 2.48. The molecule has 0 radical (unpaired) electrons. The molecule has 4 rings (SSSR count). The van der Waals surface area contributed by atoms with Crippen molar-refractivity contribution in [3.05, 3.63) is 99.8 Å². The molecule has 1 N–H and O–H groups in total. The molecule has 1 unspecified atom stereocenters. The first-order chi connectivity index (χ1) is 16.5. The highest BCUT2D eigenvalue weighted by molar-refractivity contribution is 6.51. The summed E-state index contributed by atoms with van der Waals surface area (Å²) in [6.45, 7) is 6.03. The van der Waals surface area contributed by atoms with Crippen molar-refractivity contribution >= 4 is 34.7 Å². The number of amides is 1. The predicted molar refractivity (Wildman–Crippen MR) is 134 cm³/mol. The third-order valence-electron chi connectivity index (χ3n) is 6.07. The van der Waals surface area contributed by atoms with Gasteiger partial charge in [0.2, 0.25) is 0 Å². The lowest BCUT2D eigenvalue weighted by atomic mass is 9.85. The number of rotatable bonds is 4. The average molecular weight is 494 g/mol. The van der Waals surface area contributed by atoms with Crippen molar-refractivity contribution in [1.82, 2.24) is 0 Å². The van der Waals surface area contributed by atoms with Crippen LogP contribution in [0.3, 0.4) is 0 Å². The van der Waals surface area contributed by atoms with E-state index in [1.807, 2.05) is 26.8 Å². The van der Waals surface area contributed by atoms with Crippen molar-refractivity contribution in [2.45, 2.75) is 32.2 Å². The summed E-state index contributed by atoms with van der Waals surface area (Å²) >= 11 is 6.01. The molecule has 3 aromatic rings. The molecule has 7 heteroatoms. The van der Waals surface area contributed by atoms with E-state index in [-0.39, 0.29) is 22.1 Å². The van der Waals surface area contributed by atoms with E-state index in [1.54, 1.807) is 42.5 Å². The number of aliphatic hydroxyl groups excluding tert-OH is 1. The largest absolute Gasteiger partial charge is 0.507 e. The smallest absolute Gasteiger partial charge is 0.300 e. The van der Waals surface area contributed by atoms with Crippen LogP contribution in [0.1, 0.15) is 43.5 Å². The molecule has 35 heavy (non-hydrogen) atoms. The third-order valence-corrected chi connectivity index (χ3v) is 6.32. The summed E-state index contributed by atoms with van der Waals surface area (Å²) in [5, 5.41) is 11.9. The number of methoxy groups -OCH3 is 1. The Morgan fingerprint density at radius 2 is 1.69 bits per heavy atom. The molecule has 1 heterocycles. The summed E-state index contributed by atoms with van der Waals surface area (Å²) in [5.74, 6) is -2.53. The van der Waals surface area contributed by atoms with Crippen molar-refractivity contribution in [2.24, 2.45) is 0 Å². The maximum absolute atomic E-state index is 15.1. The van der Waals surface area contributed by atoms with Gasteiger partial charge in [-0.05, 0) is 53.4 Å². The SMILES string of the molecule is COc1ccc(C(C)(C)C)cc1/C(O)=C1\C(=O)C(=O)N(c2ccc(Cl)cc2)C1c1ccccc1F. The molecule has 0 aromatic heterocycles. The lowest BCUT2D eigenvalue weighted by Crippen LogP contribution is -2.29. The van der Waals surface area contributed by atoms with Gasteiger partial charge in [0.05, 0.1) is 24.3 Å². The second kappa shape index (κ2) is 9.19. The third kappa shape index (κ3) is 4.42. The number of ketones is 1. The molecule has 5 nitrogen and oxygen atoms in total. The highest BCUT2D eigenvalue weighted by atomic mass is 35.5. The van der Waals surface area contributed by atoms with Gasteiger partial charge in [0.1, 0.15) is 17.3 Å². The first kappa shape index (κ1) is 24.5. The van der Waals surface area contributed by atoms with Crippen LogP contribution >= 0.6 is 11.6 Å². The van der Waals surface area contributed by atoms with E-state index in [0.717, 1.165) is 5.56 Å². The van der Waals surface area contributed by atoms with Gasteiger partial charge >= 0.3 is 0 Å². The molecular formula is C28H25ClFNO4. The second-order valence-electron chi connectivity index (χ2n) is 9.33. The fraction of sp³-hybridized carbons (Fsp3) is 0.214. The summed E-state index contributed by atoms with van der Waals surface area (Å²) in [4.78, 5) is 27.8. The van der Waals surface area contributed by atoms with Crippen LogP contribution in [-0.4, -0.2) is 23.9 Å². The van der Waals surface area contributed by atoms with Gasteiger partial charge in [-0.25, -0.2) is 4.39 Å². The van der Waals surface area contributed by atoms with Crippen LogP contribution in [0.15, 0.2) is 72.3 Å². The predicted octanol–water partition coefficient (Wildman–Crippen LogP) is 6.41. The summed E-state index contributed by atoms with van der Waals surface area (Å²) in [5.41, 5.74) is 1.07. The normalized spacial score (nSPS) is 17.7. The minimum atomic E-state index is -1.19. The Hall–Kier alpha value is -3.64. The number of ether oxygens (including phenoxy) is 1. The Kier molecular flexibility index (Phi) is 6.43. The van der Waals surface area contributed by atoms with Gasteiger partial charge in [0.15, 0.2) is 0 Å². The van der Waals surface area contributed by atoms with Crippen LogP contribution in [0.2, 0.25) is 5.02 Å². The van der Waals surface area contributed by atoms with Crippen molar-refractivity contribution in [1.29, 1.82) is 0 Å². The van der Waals surface area contributed by atoms with E-state index in [2.05, 4.69) is 0 Å². The van der Waals surface area contributed by atoms with Crippen molar-refractivity contribution < 1.29 is 23.8 Å². The van der Waals surface area contributed by atoms with E-state index >= 15 is 4.39 Å². The zero-order chi connectivity index (χ0) is 25.5. The summed E-state index contributed by atoms with van der Waals surface area (Å²) in [6.07, 6.45) is 0. The maximum atomic E-state index is 15.1. The lowest BCUT2D eigenvalue weighted by Gasteiger charge is -2.26. The van der Waals surface area contributed by atoms with E-state index in [0.29, 0.717) is 16.5 Å². The lowest BCUT2D eigenvalue weighted by molar-refractivity contribution is -0.132. The molecule has 3 aromatic carbocycles. The van der Waals surface area contributed by atoms with Gasteiger partial charge in [-0.3, -0.25) is 14.5 Å². The number of carbonyl (C=O) groups excluding carboxylic acids is 2. The van der Waals surface area contributed by atoms with Crippen molar-refractivity contribution in [2.75, 3.05) is 12.0 Å². The number of carbonyl (C=O) groups is 2. The summed E-state index contributed by atoms with van der Waals surface area (Å²) < 4.78 is 20.5. The quantitative estimate of drug-likeness (QED) is 0.259. The molecule has 1 amide bonds. The van der Waals surface area contributed by atoms with Gasteiger partial charge in [-0.15, -0.1) is 0 Å². The number of benzene rings is 3.